The molecule has 0 aromatic heterocycles. The zero-order valence-corrected chi connectivity index (χ0v) is 6.71. The van der Waals surface area contributed by atoms with E-state index in [1.165, 1.54) is 0 Å². The van der Waals surface area contributed by atoms with E-state index in [9.17, 15) is 0 Å². The highest BCUT2D eigenvalue weighted by Crippen LogP contribution is 2.12. The summed E-state index contributed by atoms with van der Waals surface area (Å²) in [6.07, 6.45) is 0. The molecule has 1 aromatic rings. The number of benzene rings is 1. The molecule has 1 heterocycles. The van der Waals surface area contributed by atoms with E-state index in [4.69, 9.17) is 4.65 Å². The molecule has 1 saturated heterocycles. The van der Waals surface area contributed by atoms with Gasteiger partial charge >= 0.3 is 7.32 Å². The summed E-state index contributed by atoms with van der Waals surface area (Å²) < 4.78 is 5.16. The zero-order valence-electron chi connectivity index (χ0n) is 6.71. The van der Waals surface area contributed by atoms with Crippen LogP contribution in [0.3, 0.4) is 0 Å². The summed E-state index contributed by atoms with van der Waals surface area (Å²) in [6.45, 7) is -0.0609. The van der Waals surface area contributed by atoms with Gasteiger partial charge in [0.15, 0.2) is 0 Å². The SMILES string of the molecule is c1ccc(OB2OOCOO2)cc1. The van der Waals surface area contributed by atoms with Crippen molar-refractivity contribution in [2.24, 2.45) is 0 Å². The van der Waals surface area contributed by atoms with Gasteiger partial charge in [0.1, 0.15) is 5.75 Å². The highest BCUT2D eigenvalue weighted by Gasteiger charge is 2.31. The molecule has 68 valence electrons. The van der Waals surface area contributed by atoms with Crippen LogP contribution in [0.5, 0.6) is 5.75 Å². The van der Waals surface area contributed by atoms with E-state index in [2.05, 4.69) is 19.4 Å². The quantitative estimate of drug-likeness (QED) is 0.502. The Morgan fingerprint density at radius 1 is 1.08 bits per heavy atom. The number of hydrogen-bond acceptors (Lipinski definition) is 5. The maximum atomic E-state index is 5.16. The Hall–Kier alpha value is -1.08. The Morgan fingerprint density at radius 3 is 2.46 bits per heavy atom. The monoisotopic (exact) mass is 182 g/mol. The third-order valence-corrected chi connectivity index (χ3v) is 1.36. The Labute approximate surface area is 75.1 Å². The van der Waals surface area contributed by atoms with Crippen LogP contribution in [-0.4, -0.2) is 14.1 Å². The van der Waals surface area contributed by atoms with Gasteiger partial charge in [0.05, 0.1) is 0 Å². The Kier molecular flexibility index (Phi) is 2.78. The predicted molar refractivity (Wildman–Crippen MR) is 42.0 cm³/mol. The van der Waals surface area contributed by atoms with Crippen molar-refractivity contribution >= 4 is 7.32 Å². The van der Waals surface area contributed by atoms with Crippen LogP contribution in [0.2, 0.25) is 0 Å². The van der Waals surface area contributed by atoms with Crippen LogP contribution in [-0.2, 0) is 19.4 Å². The van der Waals surface area contributed by atoms with Gasteiger partial charge in [0, 0.05) is 0 Å². The molecule has 0 aliphatic carbocycles. The minimum atomic E-state index is -0.976. The molecule has 0 saturated carbocycles. The van der Waals surface area contributed by atoms with Crippen molar-refractivity contribution in [2.75, 3.05) is 6.79 Å². The van der Waals surface area contributed by atoms with E-state index >= 15 is 0 Å². The molecule has 1 aromatic carbocycles. The van der Waals surface area contributed by atoms with Crippen molar-refractivity contribution in [1.29, 1.82) is 0 Å². The average Bonchev–Trinajstić information content (AvgIpc) is 2.21. The topological polar surface area (TPSA) is 46.2 Å². The molecular weight excluding hydrogens is 175 g/mol. The molecule has 1 fully saturated rings. The minimum absolute atomic E-state index is 0.0609. The number of para-hydroxylation sites is 1. The Balaban J connectivity index is 1.90. The van der Waals surface area contributed by atoms with Gasteiger partial charge in [0.2, 0.25) is 6.79 Å². The normalized spacial score (nSPS) is 17.1. The first-order valence-corrected chi connectivity index (χ1v) is 3.73. The van der Waals surface area contributed by atoms with Gasteiger partial charge in [-0.15, -0.1) is 0 Å². The summed E-state index contributed by atoms with van der Waals surface area (Å²) >= 11 is 0. The van der Waals surface area contributed by atoms with Crippen LogP contribution < -0.4 is 4.65 Å². The van der Waals surface area contributed by atoms with Gasteiger partial charge in [-0.2, -0.15) is 0 Å². The zero-order chi connectivity index (χ0) is 8.93. The summed E-state index contributed by atoms with van der Waals surface area (Å²) in [7, 11) is -0.976. The minimum Gasteiger partial charge on any atom is -0.509 e. The molecular formula is C7H7BO5. The fourth-order valence-electron chi connectivity index (χ4n) is 0.852. The smallest absolute Gasteiger partial charge is 0.509 e. The molecule has 0 atom stereocenters. The Bertz CT molecular complexity index is 248. The van der Waals surface area contributed by atoms with Crippen LogP contribution in [0.1, 0.15) is 0 Å². The average molecular weight is 182 g/mol. The highest BCUT2D eigenvalue weighted by molar-refractivity contribution is 6.36. The van der Waals surface area contributed by atoms with Crippen molar-refractivity contribution in [3.8, 4) is 5.75 Å². The van der Waals surface area contributed by atoms with Crippen LogP contribution in [0.4, 0.5) is 0 Å². The maximum Gasteiger partial charge on any atom is 0.770 e. The van der Waals surface area contributed by atoms with E-state index in [-0.39, 0.29) is 6.79 Å². The second-order valence-electron chi connectivity index (χ2n) is 2.27. The predicted octanol–water partition coefficient (Wildman–Crippen LogP) is 0.918. The van der Waals surface area contributed by atoms with Crippen LogP contribution in [0, 0.1) is 0 Å². The number of hydrogen-bond donors (Lipinski definition) is 0. The summed E-state index contributed by atoms with van der Waals surface area (Å²) in [5.74, 6) is 0.613. The molecule has 0 spiro atoms. The summed E-state index contributed by atoms with van der Waals surface area (Å²) in [6, 6.07) is 9.07. The summed E-state index contributed by atoms with van der Waals surface area (Å²) in [5.41, 5.74) is 0. The standard InChI is InChI=1S/C7H7BO5/c1-2-4-7(5-3-1)11-8-12-9-6-10-13-8/h1-5H,6H2. The first kappa shape index (κ1) is 8.52. The van der Waals surface area contributed by atoms with Gasteiger partial charge in [-0.1, -0.05) is 18.2 Å². The summed E-state index contributed by atoms with van der Waals surface area (Å²) in [4.78, 5) is 18.2. The molecule has 1 aliphatic heterocycles. The molecule has 0 unspecified atom stereocenters. The lowest BCUT2D eigenvalue weighted by atomic mass is 10.2. The van der Waals surface area contributed by atoms with Gasteiger partial charge < -0.3 is 4.65 Å². The summed E-state index contributed by atoms with van der Waals surface area (Å²) in [5, 5.41) is 0. The van der Waals surface area contributed by atoms with E-state index in [1.54, 1.807) is 12.1 Å². The molecule has 0 amide bonds. The lowest BCUT2D eigenvalue weighted by Crippen LogP contribution is -2.35. The van der Waals surface area contributed by atoms with Crippen LogP contribution in [0.15, 0.2) is 30.3 Å². The molecule has 5 nitrogen and oxygen atoms in total. The lowest BCUT2D eigenvalue weighted by Gasteiger charge is -2.16. The molecule has 1 aliphatic rings. The van der Waals surface area contributed by atoms with Gasteiger partial charge in [-0.05, 0) is 12.1 Å². The van der Waals surface area contributed by atoms with Crippen molar-refractivity contribution in [2.45, 2.75) is 0 Å². The molecule has 0 radical (unpaired) electrons. The van der Waals surface area contributed by atoms with Gasteiger partial charge in [-0.25, -0.2) is 19.4 Å². The van der Waals surface area contributed by atoms with E-state index in [0.717, 1.165) is 0 Å². The second-order valence-corrected chi connectivity index (χ2v) is 2.27. The van der Waals surface area contributed by atoms with E-state index < -0.39 is 7.32 Å². The molecule has 0 bridgehead atoms. The molecule has 2 rings (SSSR count). The third-order valence-electron chi connectivity index (χ3n) is 1.36. The Morgan fingerprint density at radius 2 is 1.77 bits per heavy atom. The number of rotatable bonds is 2. The molecule has 6 heteroatoms. The highest BCUT2D eigenvalue weighted by atomic mass is 17.4. The van der Waals surface area contributed by atoms with Crippen molar-refractivity contribution in [1.82, 2.24) is 0 Å². The van der Waals surface area contributed by atoms with Crippen molar-refractivity contribution in [3.05, 3.63) is 30.3 Å². The second kappa shape index (κ2) is 4.24. The first-order valence-electron chi connectivity index (χ1n) is 3.73. The van der Waals surface area contributed by atoms with Gasteiger partial charge in [-0.3, -0.25) is 0 Å². The fourth-order valence-corrected chi connectivity index (χ4v) is 0.852. The van der Waals surface area contributed by atoms with E-state index in [1.807, 2.05) is 18.2 Å². The molecule has 13 heavy (non-hydrogen) atoms. The van der Waals surface area contributed by atoms with E-state index in [0.29, 0.717) is 5.75 Å². The molecule has 0 N–H and O–H groups in total. The first-order chi connectivity index (χ1) is 6.45. The fraction of sp³-hybridized carbons (Fsp3) is 0.143. The van der Waals surface area contributed by atoms with Crippen molar-refractivity contribution < 1.29 is 24.0 Å². The lowest BCUT2D eigenvalue weighted by molar-refractivity contribution is -0.422. The maximum absolute atomic E-state index is 5.16. The third kappa shape index (κ3) is 2.43. The van der Waals surface area contributed by atoms with Crippen LogP contribution in [0.25, 0.3) is 0 Å². The van der Waals surface area contributed by atoms with Crippen LogP contribution >= 0.6 is 0 Å². The van der Waals surface area contributed by atoms with Crippen molar-refractivity contribution in [3.63, 3.8) is 0 Å². The largest absolute Gasteiger partial charge is 0.770 e. The van der Waals surface area contributed by atoms with Gasteiger partial charge in [0.25, 0.3) is 0 Å².